The van der Waals surface area contributed by atoms with Crippen molar-refractivity contribution < 1.29 is 24.2 Å². The van der Waals surface area contributed by atoms with Gasteiger partial charge in [-0.3, -0.25) is 9.59 Å². The van der Waals surface area contributed by atoms with E-state index in [0.717, 1.165) is 0 Å². The lowest BCUT2D eigenvalue weighted by atomic mass is 9.78. The monoisotopic (exact) mass is 282 g/mol. The number of carboxylic acid groups (broad SMARTS) is 1. The van der Waals surface area contributed by atoms with Crippen molar-refractivity contribution in [3.05, 3.63) is 23.8 Å². The van der Waals surface area contributed by atoms with Crippen LogP contribution in [0.4, 0.5) is 0 Å². The van der Waals surface area contributed by atoms with Crippen LogP contribution >= 0.6 is 0 Å². The smallest absolute Gasteiger partial charge is 0.320 e. The van der Waals surface area contributed by atoms with Gasteiger partial charge in [-0.1, -0.05) is 6.07 Å². The van der Waals surface area contributed by atoms with Gasteiger partial charge in [0.15, 0.2) is 16.9 Å². The molecule has 7 nitrogen and oxygen atoms in total. The number of methoxy groups -OCH3 is 2. The number of carbonyl (C=O) groups excluding carboxylic acids is 1. The first kappa shape index (κ1) is 15.8. The largest absolute Gasteiger partial charge is 0.493 e. The molecule has 2 atom stereocenters. The first-order valence-electron chi connectivity index (χ1n) is 5.79. The van der Waals surface area contributed by atoms with E-state index in [1.807, 2.05) is 0 Å². The molecular weight excluding hydrogens is 264 g/mol. The highest BCUT2D eigenvalue weighted by Crippen LogP contribution is 2.36. The molecule has 0 fully saturated rings. The van der Waals surface area contributed by atoms with Crippen LogP contribution in [0.3, 0.4) is 0 Å². The van der Waals surface area contributed by atoms with Crippen molar-refractivity contribution in [3.63, 3.8) is 0 Å². The van der Waals surface area contributed by atoms with Crippen LogP contribution in [0.25, 0.3) is 0 Å². The molecule has 0 spiro atoms. The third kappa shape index (κ3) is 2.53. The molecule has 0 aromatic heterocycles. The Labute approximate surface area is 116 Å². The van der Waals surface area contributed by atoms with Crippen LogP contribution in [0.2, 0.25) is 0 Å². The van der Waals surface area contributed by atoms with Gasteiger partial charge in [0.25, 0.3) is 0 Å². The molecule has 5 N–H and O–H groups in total. The van der Waals surface area contributed by atoms with E-state index < -0.39 is 23.3 Å². The van der Waals surface area contributed by atoms with Crippen LogP contribution in [-0.4, -0.2) is 31.2 Å². The second kappa shape index (κ2) is 5.79. The topological polar surface area (TPSA) is 125 Å². The third-order valence-electron chi connectivity index (χ3n) is 3.34. The number of aliphatic carboxylic acids is 1. The Hall–Kier alpha value is -2.28. The van der Waals surface area contributed by atoms with E-state index >= 15 is 0 Å². The minimum Gasteiger partial charge on any atom is -0.493 e. The predicted molar refractivity (Wildman–Crippen MR) is 71.4 cm³/mol. The summed E-state index contributed by atoms with van der Waals surface area (Å²) in [6.45, 7) is 1.19. The molecule has 0 bridgehead atoms. The molecule has 20 heavy (non-hydrogen) atoms. The molecule has 1 aromatic rings. The van der Waals surface area contributed by atoms with E-state index in [1.165, 1.54) is 27.2 Å². The average molecular weight is 282 g/mol. The van der Waals surface area contributed by atoms with Gasteiger partial charge >= 0.3 is 5.97 Å². The Kier molecular flexibility index (Phi) is 4.57. The molecule has 1 aromatic carbocycles. The summed E-state index contributed by atoms with van der Waals surface area (Å²) < 4.78 is 10.2. The molecule has 7 heteroatoms. The highest BCUT2D eigenvalue weighted by molar-refractivity contribution is 6.01. The Balaban J connectivity index is 3.29. The molecular formula is C13H18N2O5. The zero-order valence-electron chi connectivity index (χ0n) is 11.5. The van der Waals surface area contributed by atoms with Crippen LogP contribution in [0.1, 0.15) is 18.5 Å². The lowest BCUT2D eigenvalue weighted by Crippen LogP contribution is -2.49. The molecule has 0 saturated carbocycles. The Morgan fingerprint density at radius 3 is 2.20 bits per heavy atom. The SMILES string of the molecule is COc1ccc([C@@H](N)[C@@](C)(C(N)=O)C(=O)O)cc1OC. The number of ether oxygens (including phenoxy) is 2. The fourth-order valence-corrected chi connectivity index (χ4v) is 1.77. The maximum Gasteiger partial charge on any atom is 0.320 e. The normalized spacial score (nSPS) is 15.0. The minimum atomic E-state index is -1.92. The highest BCUT2D eigenvalue weighted by Gasteiger charge is 2.46. The Bertz CT molecular complexity index is 515. The second-order valence-corrected chi connectivity index (χ2v) is 4.46. The summed E-state index contributed by atoms with van der Waals surface area (Å²) in [7, 11) is 2.92. The van der Waals surface area contributed by atoms with Gasteiger partial charge in [-0.05, 0) is 24.6 Å². The van der Waals surface area contributed by atoms with E-state index in [0.29, 0.717) is 17.1 Å². The quantitative estimate of drug-likeness (QED) is 0.643. The number of rotatable bonds is 6. The Morgan fingerprint density at radius 2 is 1.80 bits per heavy atom. The molecule has 1 amide bonds. The average Bonchev–Trinajstić information content (AvgIpc) is 2.44. The summed E-state index contributed by atoms with van der Waals surface area (Å²) in [6.07, 6.45) is 0. The van der Waals surface area contributed by atoms with Crippen molar-refractivity contribution in [1.82, 2.24) is 0 Å². The number of carbonyl (C=O) groups is 2. The maximum absolute atomic E-state index is 11.5. The summed E-state index contributed by atoms with van der Waals surface area (Å²) >= 11 is 0. The van der Waals surface area contributed by atoms with Gasteiger partial charge in [0.05, 0.1) is 20.3 Å². The second-order valence-electron chi connectivity index (χ2n) is 4.46. The molecule has 0 radical (unpaired) electrons. The van der Waals surface area contributed by atoms with Crippen molar-refractivity contribution in [2.24, 2.45) is 16.9 Å². The maximum atomic E-state index is 11.5. The molecule has 0 saturated heterocycles. The van der Waals surface area contributed by atoms with Crippen molar-refractivity contribution in [3.8, 4) is 11.5 Å². The third-order valence-corrected chi connectivity index (χ3v) is 3.34. The molecule has 0 heterocycles. The fourth-order valence-electron chi connectivity index (χ4n) is 1.77. The molecule has 1 rings (SSSR count). The molecule has 0 aliphatic rings. The predicted octanol–water partition coefficient (Wildman–Crippen LogP) is 0.280. The number of benzene rings is 1. The summed E-state index contributed by atoms with van der Waals surface area (Å²) in [5.74, 6) is -1.53. The van der Waals surface area contributed by atoms with E-state index in [2.05, 4.69) is 0 Å². The van der Waals surface area contributed by atoms with Crippen molar-refractivity contribution in [2.75, 3.05) is 14.2 Å². The van der Waals surface area contributed by atoms with Crippen LogP contribution < -0.4 is 20.9 Å². The lowest BCUT2D eigenvalue weighted by Gasteiger charge is -2.28. The van der Waals surface area contributed by atoms with E-state index in [4.69, 9.17) is 20.9 Å². The highest BCUT2D eigenvalue weighted by atomic mass is 16.5. The first-order chi connectivity index (χ1) is 9.28. The van der Waals surface area contributed by atoms with Gasteiger partial charge in [0.2, 0.25) is 5.91 Å². The number of primary amides is 1. The van der Waals surface area contributed by atoms with Crippen molar-refractivity contribution in [1.29, 1.82) is 0 Å². The number of hydrogen-bond acceptors (Lipinski definition) is 5. The van der Waals surface area contributed by atoms with E-state index in [9.17, 15) is 14.7 Å². The molecule has 0 aliphatic carbocycles. The van der Waals surface area contributed by atoms with Crippen LogP contribution in [0.15, 0.2) is 18.2 Å². The number of amides is 1. The Morgan fingerprint density at radius 1 is 1.25 bits per heavy atom. The zero-order valence-corrected chi connectivity index (χ0v) is 11.5. The summed E-state index contributed by atoms with van der Waals surface area (Å²) in [6, 6.07) is 3.55. The van der Waals surface area contributed by atoms with Gasteiger partial charge in [0.1, 0.15) is 0 Å². The lowest BCUT2D eigenvalue weighted by molar-refractivity contribution is -0.155. The molecule has 110 valence electrons. The minimum absolute atomic E-state index is 0.387. The van der Waals surface area contributed by atoms with Crippen LogP contribution in [0, 0.1) is 5.41 Å². The number of hydrogen-bond donors (Lipinski definition) is 3. The van der Waals surface area contributed by atoms with Crippen LogP contribution in [0.5, 0.6) is 11.5 Å². The number of nitrogens with two attached hydrogens (primary N) is 2. The van der Waals surface area contributed by atoms with Crippen LogP contribution in [-0.2, 0) is 9.59 Å². The van der Waals surface area contributed by atoms with E-state index in [-0.39, 0.29) is 0 Å². The van der Waals surface area contributed by atoms with Gasteiger partial charge in [0, 0.05) is 0 Å². The van der Waals surface area contributed by atoms with Crippen molar-refractivity contribution >= 4 is 11.9 Å². The van der Waals surface area contributed by atoms with Gasteiger partial charge in [-0.2, -0.15) is 0 Å². The summed E-state index contributed by atoms with van der Waals surface area (Å²) in [4.78, 5) is 22.8. The summed E-state index contributed by atoms with van der Waals surface area (Å²) in [5, 5.41) is 9.23. The van der Waals surface area contributed by atoms with E-state index in [1.54, 1.807) is 12.1 Å². The number of carboxylic acids is 1. The molecule has 0 aliphatic heterocycles. The molecule has 0 unspecified atom stereocenters. The van der Waals surface area contributed by atoms with Gasteiger partial charge < -0.3 is 26.0 Å². The zero-order chi connectivity index (χ0) is 15.5. The van der Waals surface area contributed by atoms with Gasteiger partial charge in [-0.15, -0.1) is 0 Å². The first-order valence-corrected chi connectivity index (χ1v) is 5.79. The summed E-state index contributed by atoms with van der Waals surface area (Å²) in [5.41, 5.74) is 9.59. The fraction of sp³-hybridized carbons (Fsp3) is 0.385. The van der Waals surface area contributed by atoms with Gasteiger partial charge in [-0.25, -0.2) is 0 Å². The van der Waals surface area contributed by atoms with Crippen molar-refractivity contribution in [2.45, 2.75) is 13.0 Å². The standard InChI is InChI=1S/C13H18N2O5/c1-13(11(15)16,12(17)18)10(14)7-4-5-8(19-2)9(6-7)20-3/h4-6,10H,14H2,1-3H3,(H2,15,16)(H,17,18)/t10-,13+/m1/s1.